The van der Waals surface area contributed by atoms with Crippen molar-refractivity contribution in [3.05, 3.63) is 48.0 Å². The highest BCUT2D eigenvalue weighted by Crippen LogP contribution is 2.35. The van der Waals surface area contributed by atoms with Gasteiger partial charge in [0.1, 0.15) is 11.5 Å². The third kappa shape index (κ3) is 3.35. The lowest BCUT2D eigenvalue weighted by Crippen LogP contribution is -2.33. The lowest BCUT2D eigenvalue weighted by molar-refractivity contribution is -0.119. The molecule has 0 saturated carbocycles. The molecule has 3 rings (SSSR count). The second kappa shape index (κ2) is 6.72. The third-order valence-corrected chi connectivity index (χ3v) is 4.18. The van der Waals surface area contributed by atoms with E-state index in [0.717, 1.165) is 5.69 Å². The van der Waals surface area contributed by atoms with Crippen molar-refractivity contribution in [1.82, 2.24) is 5.32 Å². The van der Waals surface area contributed by atoms with Crippen molar-refractivity contribution in [3.63, 3.8) is 0 Å². The molecule has 2 aromatic rings. The summed E-state index contributed by atoms with van der Waals surface area (Å²) in [5, 5.41) is 12.9. The zero-order chi connectivity index (χ0) is 18.0. The molecule has 1 saturated heterocycles. The number of ether oxygens (including phenoxy) is 1. The first kappa shape index (κ1) is 16.6. The van der Waals surface area contributed by atoms with Gasteiger partial charge in [-0.05, 0) is 24.3 Å². The van der Waals surface area contributed by atoms with Gasteiger partial charge in [0.05, 0.1) is 18.7 Å². The summed E-state index contributed by atoms with van der Waals surface area (Å²) in [6.45, 7) is 0.481. The van der Waals surface area contributed by atoms with Crippen LogP contribution >= 0.6 is 0 Å². The van der Waals surface area contributed by atoms with Crippen molar-refractivity contribution in [2.45, 2.75) is 12.5 Å². The Hall–Kier alpha value is -3.22. The second-order valence-electron chi connectivity index (χ2n) is 5.80. The minimum Gasteiger partial charge on any atom is -0.507 e. The summed E-state index contributed by atoms with van der Waals surface area (Å²) in [6, 6.07) is 11.9. The van der Waals surface area contributed by atoms with E-state index < -0.39 is 5.91 Å². The number of nitrogens with zero attached hydrogens (tertiary/aromatic N) is 1. The number of carbonyl (C=O) groups is 2. The molecule has 2 aromatic carbocycles. The number of hydrogen-bond donors (Lipinski definition) is 3. The van der Waals surface area contributed by atoms with Crippen LogP contribution in [0.5, 0.6) is 11.5 Å². The molecule has 4 N–H and O–H groups in total. The molecule has 130 valence electrons. The SMILES string of the molecule is COc1cccc(N(c2ccc(C(N)=O)c(O)c2)C2CNC(=O)C2)c1. The largest absolute Gasteiger partial charge is 0.507 e. The topological polar surface area (TPSA) is 105 Å². The first-order chi connectivity index (χ1) is 12.0. The fraction of sp³-hybridized carbons (Fsp3) is 0.222. The lowest BCUT2D eigenvalue weighted by atomic mass is 10.1. The molecule has 1 atom stereocenters. The number of methoxy groups -OCH3 is 1. The smallest absolute Gasteiger partial charge is 0.252 e. The van der Waals surface area contributed by atoms with Gasteiger partial charge in [-0.1, -0.05) is 6.07 Å². The van der Waals surface area contributed by atoms with Crippen molar-refractivity contribution in [3.8, 4) is 11.5 Å². The minimum absolute atomic E-state index is 0.0316. The highest BCUT2D eigenvalue weighted by Gasteiger charge is 2.29. The van der Waals surface area contributed by atoms with Crippen LogP contribution in [0.4, 0.5) is 11.4 Å². The van der Waals surface area contributed by atoms with Gasteiger partial charge in [0.15, 0.2) is 0 Å². The van der Waals surface area contributed by atoms with E-state index >= 15 is 0 Å². The molecule has 1 aliphatic rings. The normalized spacial score (nSPS) is 16.4. The monoisotopic (exact) mass is 341 g/mol. The summed E-state index contributed by atoms with van der Waals surface area (Å²) in [5.74, 6) is -0.251. The molecule has 0 radical (unpaired) electrons. The lowest BCUT2D eigenvalue weighted by Gasteiger charge is -2.30. The number of primary amides is 1. The quantitative estimate of drug-likeness (QED) is 0.765. The molecule has 7 heteroatoms. The first-order valence-corrected chi connectivity index (χ1v) is 7.82. The molecule has 7 nitrogen and oxygen atoms in total. The molecule has 0 spiro atoms. The number of amides is 2. The number of anilines is 2. The number of benzene rings is 2. The Morgan fingerprint density at radius 1 is 1.28 bits per heavy atom. The molecule has 1 unspecified atom stereocenters. The number of aromatic hydroxyl groups is 1. The number of phenols is 1. The van der Waals surface area contributed by atoms with E-state index in [9.17, 15) is 14.7 Å². The van der Waals surface area contributed by atoms with Crippen LogP contribution < -0.4 is 20.7 Å². The highest BCUT2D eigenvalue weighted by molar-refractivity contribution is 5.96. The summed E-state index contributed by atoms with van der Waals surface area (Å²) in [7, 11) is 1.58. The van der Waals surface area contributed by atoms with Gasteiger partial charge in [-0.25, -0.2) is 0 Å². The number of rotatable bonds is 5. The Balaban J connectivity index is 2.06. The predicted octanol–water partition coefficient (Wildman–Crippen LogP) is 1.53. The van der Waals surface area contributed by atoms with Crippen molar-refractivity contribution in [2.75, 3.05) is 18.6 Å². The number of nitrogens with two attached hydrogens (primary N) is 1. The fourth-order valence-electron chi connectivity index (χ4n) is 2.98. The summed E-state index contributed by atoms with van der Waals surface area (Å²) >= 11 is 0. The maximum Gasteiger partial charge on any atom is 0.252 e. The molecule has 0 bridgehead atoms. The summed E-state index contributed by atoms with van der Waals surface area (Å²) in [5.41, 5.74) is 6.76. The van der Waals surface area contributed by atoms with Crippen molar-refractivity contribution < 1.29 is 19.4 Å². The van der Waals surface area contributed by atoms with Crippen molar-refractivity contribution in [1.29, 1.82) is 0 Å². The molecule has 2 amide bonds. The summed E-state index contributed by atoms with van der Waals surface area (Å²) in [4.78, 5) is 24.9. The van der Waals surface area contributed by atoms with Gasteiger partial charge in [0.25, 0.3) is 5.91 Å². The zero-order valence-electron chi connectivity index (χ0n) is 13.7. The van der Waals surface area contributed by atoms with E-state index in [2.05, 4.69) is 5.32 Å². The van der Waals surface area contributed by atoms with Crippen LogP contribution in [-0.2, 0) is 4.79 Å². The summed E-state index contributed by atoms with van der Waals surface area (Å²) < 4.78 is 5.28. The molecule has 1 aliphatic heterocycles. The number of hydrogen-bond acceptors (Lipinski definition) is 5. The van der Waals surface area contributed by atoms with Crippen LogP contribution in [0.3, 0.4) is 0 Å². The van der Waals surface area contributed by atoms with Gasteiger partial charge in [-0.2, -0.15) is 0 Å². The van der Waals surface area contributed by atoms with E-state index in [0.29, 0.717) is 24.4 Å². The average molecular weight is 341 g/mol. The molecule has 0 aromatic heterocycles. The van der Waals surface area contributed by atoms with E-state index in [1.54, 1.807) is 13.2 Å². The Morgan fingerprint density at radius 2 is 2.04 bits per heavy atom. The highest BCUT2D eigenvalue weighted by atomic mass is 16.5. The number of nitrogens with one attached hydrogen (secondary N) is 1. The van der Waals surface area contributed by atoms with Crippen LogP contribution in [0.1, 0.15) is 16.8 Å². The van der Waals surface area contributed by atoms with Crippen LogP contribution in [0.25, 0.3) is 0 Å². The second-order valence-corrected chi connectivity index (χ2v) is 5.80. The van der Waals surface area contributed by atoms with E-state index in [-0.39, 0.29) is 23.3 Å². The molecule has 25 heavy (non-hydrogen) atoms. The van der Waals surface area contributed by atoms with Gasteiger partial charge in [-0.15, -0.1) is 0 Å². The Labute approximate surface area is 145 Å². The first-order valence-electron chi connectivity index (χ1n) is 7.82. The van der Waals surface area contributed by atoms with Gasteiger partial charge >= 0.3 is 0 Å². The van der Waals surface area contributed by atoms with E-state index in [1.807, 2.05) is 29.2 Å². The molecule has 0 aliphatic carbocycles. The standard InChI is InChI=1S/C18H19N3O4/c1-25-14-4-2-3-11(7-14)21(13-9-17(23)20-10-13)12-5-6-15(18(19)24)16(22)8-12/h2-8,13,22H,9-10H2,1H3,(H2,19,24)(H,20,23). The third-order valence-electron chi connectivity index (χ3n) is 4.18. The van der Waals surface area contributed by atoms with Crippen LogP contribution in [0.2, 0.25) is 0 Å². The summed E-state index contributed by atoms with van der Waals surface area (Å²) in [6.07, 6.45) is 0.329. The van der Waals surface area contributed by atoms with Crippen LogP contribution in [0.15, 0.2) is 42.5 Å². The Morgan fingerprint density at radius 3 is 2.64 bits per heavy atom. The molecule has 1 fully saturated rings. The van der Waals surface area contributed by atoms with Gasteiger partial charge in [-0.3, -0.25) is 9.59 Å². The maximum absolute atomic E-state index is 11.7. The molecular formula is C18H19N3O4. The minimum atomic E-state index is -0.699. The fourth-order valence-corrected chi connectivity index (χ4v) is 2.98. The van der Waals surface area contributed by atoms with Gasteiger partial charge in [0.2, 0.25) is 5.91 Å². The van der Waals surface area contributed by atoms with Crippen molar-refractivity contribution in [2.24, 2.45) is 5.73 Å². The van der Waals surface area contributed by atoms with Crippen LogP contribution in [-0.4, -0.2) is 36.6 Å². The molecule has 1 heterocycles. The Bertz CT molecular complexity index is 822. The van der Waals surface area contributed by atoms with Gasteiger partial charge in [0, 0.05) is 36.5 Å². The zero-order valence-corrected chi connectivity index (χ0v) is 13.7. The number of carbonyl (C=O) groups excluding carboxylic acids is 2. The maximum atomic E-state index is 11.7. The average Bonchev–Trinajstić information content (AvgIpc) is 3.01. The van der Waals surface area contributed by atoms with Gasteiger partial charge < -0.3 is 25.8 Å². The van der Waals surface area contributed by atoms with Crippen LogP contribution in [0, 0.1) is 0 Å². The van der Waals surface area contributed by atoms with E-state index in [4.69, 9.17) is 10.5 Å². The predicted molar refractivity (Wildman–Crippen MR) is 93.2 cm³/mol. The molecular weight excluding hydrogens is 322 g/mol. The Kier molecular flexibility index (Phi) is 4.47. The van der Waals surface area contributed by atoms with E-state index in [1.165, 1.54) is 12.1 Å². The van der Waals surface area contributed by atoms with Crippen molar-refractivity contribution >= 4 is 23.2 Å².